The van der Waals surface area contributed by atoms with E-state index in [9.17, 15) is 24.3 Å². The number of aliphatic hydroxyl groups is 1. The van der Waals surface area contributed by atoms with Crippen LogP contribution in [0.5, 0.6) is 0 Å². The molecule has 0 radical (unpaired) electrons. The zero-order chi connectivity index (χ0) is 25.0. The van der Waals surface area contributed by atoms with Gasteiger partial charge in [0.2, 0.25) is 5.60 Å². The maximum atomic E-state index is 12.9. The van der Waals surface area contributed by atoms with E-state index in [2.05, 4.69) is 6.58 Å². The number of hydrogen-bond acceptors (Lipinski definition) is 10. The van der Waals surface area contributed by atoms with Gasteiger partial charge in [-0.3, -0.25) is 14.4 Å². The second-order valence-corrected chi connectivity index (χ2v) is 9.55. The molecule has 34 heavy (non-hydrogen) atoms. The molecule has 3 aliphatic heterocycles. The van der Waals surface area contributed by atoms with Gasteiger partial charge in [-0.25, -0.2) is 4.79 Å². The number of carbonyl (C=O) groups is 4. The predicted octanol–water partition coefficient (Wildman–Crippen LogP) is 1.97. The number of carbonyl (C=O) groups excluding carboxylic acids is 4. The largest absolute Gasteiger partial charge is 0.461 e. The van der Waals surface area contributed by atoms with Crippen molar-refractivity contribution in [1.82, 2.24) is 0 Å². The van der Waals surface area contributed by atoms with Gasteiger partial charge in [-0.05, 0) is 32.3 Å². The van der Waals surface area contributed by atoms with E-state index in [1.165, 1.54) is 26.8 Å². The number of allylic oxidation sites excluding steroid dienone is 1. The summed E-state index contributed by atoms with van der Waals surface area (Å²) >= 11 is 0. The van der Waals surface area contributed by atoms with Crippen LogP contribution in [0.2, 0.25) is 0 Å². The topological polar surface area (TPSA) is 142 Å². The summed E-state index contributed by atoms with van der Waals surface area (Å²) in [6.07, 6.45) is -3.08. The van der Waals surface area contributed by atoms with Crippen molar-refractivity contribution in [3.05, 3.63) is 35.3 Å². The molecule has 184 valence electrons. The molecule has 2 fully saturated rings. The number of ether oxygens (including phenoxy) is 4. The van der Waals surface area contributed by atoms with Crippen LogP contribution < -0.4 is 0 Å². The average molecular weight is 476 g/mol. The Morgan fingerprint density at radius 3 is 2.47 bits per heavy atom. The third-order valence-corrected chi connectivity index (χ3v) is 6.73. The number of aldehydes is 1. The molecule has 0 amide bonds. The second kappa shape index (κ2) is 8.35. The highest BCUT2D eigenvalue weighted by atomic mass is 16.7. The molecular formula is C24H28O10. The molecule has 10 nitrogen and oxygen atoms in total. The molecule has 1 N–H and O–H groups in total. The van der Waals surface area contributed by atoms with E-state index >= 15 is 0 Å². The van der Waals surface area contributed by atoms with Gasteiger partial charge in [-0.1, -0.05) is 12.2 Å². The molecule has 7 atom stereocenters. The Morgan fingerprint density at radius 1 is 1.24 bits per heavy atom. The van der Waals surface area contributed by atoms with Crippen LogP contribution in [0.4, 0.5) is 0 Å². The van der Waals surface area contributed by atoms with Gasteiger partial charge in [0.1, 0.15) is 35.4 Å². The maximum Gasteiger partial charge on any atom is 0.345 e. The van der Waals surface area contributed by atoms with E-state index in [-0.39, 0.29) is 36.5 Å². The van der Waals surface area contributed by atoms with Gasteiger partial charge in [0.05, 0.1) is 5.56 Å². The van der Waals surface area contributed by atoms with Gasteiger partial charge < -0.3 is 28.5 Å². The summed E-state index contributed by atoms with van der Waals surface area (Å²) in [5.74, 6) is -1.93. The van der Waals surface area contributed by atoms with Crippen LogP contribution in [0.15, 0.2) is 22.6 Å². The van der Waals surface area contributed by atoms with Crippen molar-refractivity contribution in [3.63, 3.8) is 0 Å². The van der Waals surface area contributed by atoms with Crippen LogP contribution in [0.25, 0.3) is 0 Å². The normalized spacial score (nSPS) is 36.6. The molecule has 2 saturated heterocycles. The molecule has 10 heteroatoms. The van der Waals surface area contributed by atoms with Crippen molar-refractivity contribution in [2.45, 2.75) is 82.6 Å². The third-order valence-electron chi connectivity index (χ3n) is 6.73. The molecule has 4 bridgehead atoms. The van der Waals surface area contributed by atoms with E-state index in [4.69, 9.17) is 23.4 Å². The van der Waals surface area contributed by atoms with Gasteiger partial charge >= 0.3 is 17.9 Å². The van der Waals surface area contributed by atoms with Crippen LogP contribution in [0.1, 0.15) is 68.5 Å². The molecule has 1 aromatic rings. The molecular weight excluding hydrogens is 448 g/mol. The highest BCUT2D eigenvalue weighted by Gasteiger charge is 2.78. The minimum absolute atomic E-state index is 0.0841. The van der Waals surface area contributed by atoms with Crippen LogP contribution in [0.3, 0.4) is 0 Å². The second-order valence-electron chi connectivity index (χ2n) is 9.55. The molecule has 7 unspecified atom stereocenters. The number of furan rings is 1. The van der Waals surface area contributed by atoms with Crippen molar-refractivity contribution in [2.75, 3.05) is 0 Å². The Balaban J connectivity index is 1.83. The lowest BCUT2D eigenvalue weighted by molar-refractivity contribution is -0.177. The van der Waals surface area contributed by atoms with Crippen LogP contribution in [-0.2, 0) is 39.8 Å². The van der Waals surface area contributed by atoms with E-state index in [0.29, 0.717) is 17.6 Å². The monoisotopic (exact) mass is 476 g/mol. The van der Waals surface area contributed by atoms with E-state index in [1.807, 2.05) is 0 Å². The number of hydrogen-bond donors (Lipinski definition) is 1. The molecule has 3 aliphatic rings. The maximum absolute atomic E-state index is 12.9. The summed E-state index contributed by atoms with van der Waals surface area (Å²) in [6.45, 7) is 9.64. The highest BCUT2D eigenvalue weighted by molar-refractivity contribution is 5.88. The Kier molecular flexibility index (Phi) is 5.93. The van der Waals surface area contributed by atoms with Crippen molar-refractivity contribution in [3.8, 4) is 0 Å². The SMILES string of the molecule is C=C(C)C1Cc2oc(cc2C=O)C(OC(C)=O)C(C)(O)CC2OC(=O)C3(OC23)C(OC(C)=O)C1. The fourth-order valence-electron chi connectivity index (χ4n) is 5.00. The first-order valence-corrected chi connectivity index (χ1v) is 11.1. The summed E-state index contributed by atoms with van der Waals surface area (Å²) in [6, 6.07) is 1.42. The number of epoxide rings is 1. The lowest BCUT2D eigenvalue weighted by Crippen LogP contribution is -2.42. The summed E-state index contributed by atoms with van der Waals surface area (Å²) in [7, 11) is 0. The van der Waals surface area contributed by atoms with Crippen LogP contribution in [-0.4, -0.2) is 58.8 Å². The first-order valence-electron chi connectivity index (χ1n) is 11.1. The van der Waals surface area contributed by atoms with Gasteiger partial charge in [0, 0.05) is 26.7 Å². The summed E-state index contributed by atoms with van der Waals surface area (Å²) < 4.78 is 28.2. The standard InChI is InChI=1S/C24H28O10/c1-11(2)14-6-16-15(10-25)7-17(32-16)20(31-13(4)27)23(5,29)9-18-21-24(34-21,22(28)33-18)19(8-14)30-12(3)26/h7,10,14,18-21,29H,1,6,8-9H2,2-5H3. The minimum Gasteiger partial charge on any atom is -0.461 e. The highest BCUT2D eigenvalue weighted by Crippen LogP contribution is 2.54. The Morgan fingerprint density at radius 2 is 1.91 bits per heavy atom. The van der Waals surface area contributed by atoms with Gasteiger partial charge in [0.25, 0.3) is 0 Å². The molecule has 0 aliphatic carbocycles. The van der Waals surface area contributed by atoms with Gasteiger partial charge in [-0.2, -0.15) is 0 Å². The van der Waals surface area contributed by atoms with Crippen molar-refractivity contribution in [1.29, 1.82) is 0 Å². The fraction of sp³-hybridized carbons (Fsp3) is 0.583. The van der Waals surface area contributed by atoms with Gasteiger partial charge in [0.15, 0.2) is 12.4 Å². The molecule has 0 aromatic carbocycles. The average Bonchev–Trinajstić information content (AvgIpc) is 3.27. The van der Waals surface area contributed by atoms with Gasteiger partial charge in [-0.15, -0.1) is 0 Å². The summed E-state index contributed by atoms with van der Waals surface area (Å²) in [5.41, 5.74) is -2.31. The van der Waals surface area contributed by atoms with Crippen molar-refractivity contribution >= 4 is 24.2 Å². The number of fused-ring (bicyclic) bond motifs is 2. The fourth-order valence-corrected chi connectivity index (χ4v) is 5.00. The van der Waals surface area contributed by atoms with E-state index < -0.39 is 53.5 Å². The molecule has 1 aromatic heterocycles. The first-order chi connectivity index (χ1) is 15.9. The zero-order valence-corrected chi connectivity index (χ0v) is 19.5. The molecule has 4 rings (SSSR count). The lowest BCUT2D eigenvalue weighted by atomic mass is 9.83. The summed E-state index contributed by atoms with van der Waals surface area (Å²) in [5, 5.41) is 11.4. The first kappa shape index (κ1) is 24.2. The molecule has 4 heterocycles. The number of rotatable bonds is 4. The Bertz CT molecular complexity index is 1050. The minimum atomic E-state index is -1.76. The molecule has 0 spiro atoms. The van der Waals surface area contributed by atoms with E-state index in [0.717, 1.165) is 0 Å². The molecule has 0 saturated carbocycles. The van der Waals surface area contributed by atoms with E-state index in [1.54, 1.807) is 6.92 Å². The van der Waals surface area contributed by atoms with Crippen molar-refractivity contribution in [2.24, 2.45) is 5.92 Å². The smallest absolute Gasteiger partial charge is 0.345 e. The number of esters is 3. The quantitative estimate of drug-likeness (QED) is 0.225. The Hall–Kier alpha value is -2.98. The zero-order valence-electron chi connectivity index (χ0n) is 19.5. The van der Waals surface area contributed by atoms with Crippen LogP contribution in [0, 0.1) is 5.92 Å². The predicted molar refractivity (Wildman–Crippen MR) is 114 cm³/mol. The Labute approximate surface area is 196 Å². The third kappa shape index (κ3) is 4.05. The lowest BCUT2D eigenvalue weighted by Gasteiger charge is -2.32. The van der Waals surface area contributed by atoms with Crippen LogP contribution >= 0.6 is 0 Å². The van der Waals surface area contributed by atoms with Crippen molar-refractivity contribution < 1.29 is 47.6 Å². The summed E-state index contributed by atoms with van der Waals surface area (Å²) in [4.78, 5) is 48.5.